The average Bonchev–Trinajstić information content (AvgIpc) is 3.08. The molecule has 2 aromatic rings. The lowest BCUT2D eigenvalue weighted by molar-refractivity contribution is 0.385. The molecule has 0 amide bonds. The van der Waals surface area contributed by atoms with Crippen molar-refractivity contribution in [1.29, 1.82) is 0 Å². The van der Waals surface area contributed by atoms with Gasteiger partial charge < -0.3 is 4.42 Å². The lowest BCUT2D eigenvalue weighted by Crippen LogP contribution is -2.32. The van der Waals surface area contributed by atoms with Gasteiger partial charge in [0.2, 0.25) is 10.0 Å². The van der Waals surface area contributed by atoms with E-state index < -0.39 is 10.0 Å². The maximum absolute atomic E-state index is 12.4. The number of hydrogen-bond acceptors (Lipinski definition) is 5. The Labute approximate surface area is 117 Å². The van der Waals surface area contributed by atoms with Gasteiger partial charge in [0, 0.05) is 19.3 Å². The number of rotatable bonds is 3. The van der Waals surface area contributed by atoms with Crippen molar-refractivity contribution in [3.8, 4) is 0 Å². The van der Waals surface area contributed by atoms with Gasteiger partial charge in [-0.25, -0.2) is 13.1 Å². The van der Waals surface area contributed by atoms with Crippen LogP contribution in [0.2, 0.25) is 0 Å². The first-order valence-corrected chi connectivity index (χ1v) is 8.00. The molecule has 0 radical (unpaired) electrons. The van der Waals surface area contributed by atoms with E-state index in [9.17, 15) is 8.42 Å². The summed E-state index contributed by atoms with van der Waals surface area (Å²) in [5.74, 6) is 0. The van der Waals surface area contributed by atoms with Gasteiger partial charge in [-0.1, -0.05) is 5.21 Å². The summed E-state index contributed by atoms with van der Waals surface area (Å²) in [6.07, 6.45) is 8.57. The van der Waals surface area contributed by atoms with E-state index >= 15 is 0 Å². The quantitative estimate of drug-likeness (QED) is 0.852. The van der Waals surface area contributed by atoms with E-state index in [1.54, 1.807) is 6.20 Å². The normalized spacial score (nSPS) is 21.7. The summed E-state index contributed by atoms with van der Waals surface area (Å²) < 4.78 is 33.1. The zero-order chi connectivity index (χ0) is 14.0. The predicted octanol–water partition coefficient (Wildman–Crippen LogP) is 1.29. The second-order valence-corrected chi connectivity index (χ2v) is 6.77. The highest BCUT2D eigenvalue weighted by Gasteiger charge is 2.28. The number of aromatic nitrogens is 3. The van der Waals surface area contributed by atoms with Crippen LogP contribution < -0.4 is 0 Å². The van der Waals surface area contributed by atoms with E-state index in [0.717, 1.165) is 19.3 Å². The fraction of sp³-hybridized carbons (Fsp3) is 0.500. The van der Waals surface area contributed by atoms with E-state index in [1.165, 1.54) is 22.9 Å². The predicted molar refractivity (Wildman–Crippen MR) is 70.4 cm³/mol. The highest BCUT2D eigenvalue weighted by atomic mass is 32.2. The third kappa shape index (κ3) is 2.48. The van der Waals surface area contributed by atoms with E-state index in [4.69, 9.17) is 4.42 Å². The Morgan fingerprint density at radius 1 is 1.30 bits per heavy atom. The molecule has 0 N–H and O–H groups in total. The summed E-state index contributed by atoms with van der Waals surface area (Å²) in [5.41, 5.74) is 0. The van der Waals surface area contributed by atoms with Crippen LogP contribution in [0.15, 0.2) is 40.3 Å². The van der Waals surface area contributed by atoms with Gasteiger partial charge in [0.05, 0.1) is 18.5 Å². The molecule has 1 atom stereocenters. The van der Waals surface area contributed by atoms with Crippen molar-refractivity contribution in [1.82, 2.24) is 19.3 Å². The first-order chi connectivity index (χ1) is 9.68. The molecule has 0 spiro atoms. The molecule has 1 aliphatic heterocycles. The molecule has 1 fully saturated rings. The minimum Gasteiger partial charge on any atom is -0.471 e. The highest BCUT2D eigenvalue weighted by molar-refractivity contribution is 7.89. The Morgan fingerprint density at radius 2 is 2.20 bits per heavy atom. The lowest BCUT2D eigenvalue weighted by Gasteiger charge is -2.19. The summed E-state index contributed by atoms with van der Waals surface area (Å²) >= 11 is 0. The molecular formula is C12H16N4O3S. The largest absolute Gasteiger partial charge is 0.471 e. The average molecular weight is 296 g/mol. The van der Waals surface area contributed by atoms with Crippen molar-refractivity contribution in [3.63, 3.8) is 0 Å². The van der Waals surface area contributed by atoms with Crippen LogP contribution in [-0.2, 0) is 10.0 Å². The second-order valence-electron chi connectivity index (χ2n) is 4.83. The van der Waals surface area contributed by atoms with Crippen LogP contribution in [0.4, 0.5) is 0 Å². The van der Waals surface area contributed by atoms with Gasteiger partial charge in [-0.15, -0.1) is 5.10 Å². The van der Waals surface area contributed by atoms with Crippen molar-refractivity contribution in [3.05, 3.63) is 31.0 Å². The molecule has 7 nitrogen and oxygen atoms in total. The maximum Gasteiger partial charge on any atom is 0.246 e. The molecule has 20 heavy (non-hydrogen) atoms. The Morgan fingerprint density at radius 3 is 2.90 bits per heavy atom. The molecule has 108 valence electrons. The third-order valence-electron chi connectivity index (χ3n) is 3.60. The van der Waals surface area contributed by atoms with Gasteiger partial charge in [0.1, 0.15) is 11.2 Å². The fourth-order valence-electron chi connectivity index (χ4n) is 2.52. The molecule has 3 rings (SSSR count). The zero-order valence-corrected chi connectivity index (χ0v) is 11.7. The molecule has 8 heteroatoms. The number of furan rings is 1. The van der Waals surface area contributed by atoms with Crippen LogP contribution in [0.5, 0.6) is 0 Å². The molecule has 0 saturated carbocycles. The van der Waals surface area contributed by atoms with Crippen molar-refractivity contribution in [2.75, 3.05) is 13.1 Å². The van der Waals surface area contributed by atoms with E-state index in [0.29, 0.717) is 13.1 Å². The van der Waals surface area contributed by atoms with Crippen LogP contribution in [-0.4, -0.2) is 40.8 Å². The van der Waals surface area contributed by atoms with Gasteiger partial charge in [0.15, 0.2) is 0 Å². The molecule has 1 aliphatic rings. The molecule has 0 aliphatic carbocycles. The van der Waals surface area contributed by atoms with Crippen molar-refractivity contribution < 1.29 is 12.8 Å². The maximum atomic E-state index is 12.4. The standard InChI is InChI=1S/C12H16N4O3S/c17-20(18,12-4-9-19-10-12)15-6-1-2-11(3-7-15)16-8-5-13-14-16/h4-5,8-11H,1-3,6-7H2. The van der Waals surface area contributed by atoms with E-state index in [-0.39, 0.29) is 10.9 Å². The van der Waals surface area contributed by atoms with Crippen molar-refractivity contribution >= 4 is 10.0 Å². The Kier molecular flexibility index (Phi) is 3.58. The molecule has 1 unspecified atom stereocenters. The van der Waals surface area contributed by atoms with Gasteiger partial charge in [-0.3, -0.25) is 0 Å². The van der Waals surface area contributed by atoms with Crippen LogP contribution in [0.3, 0.4) is 0 Å². The van der Waals surface area contributed by atoms with Crippen LogP contribution >= 0.6 is 0 Å². The highest BCUT2D eigenvalue weighted by Crippen LogP contribution is 2.25. The van der Waals surface area contributed by atoms with Gasteiger partial charge >= 0.3 is 0 Å². The zero-order valence-electron chi connectivity index (χ0n) is 10.9. The first-order valence-electron chi connectivity index (χ1n) is 6.56. The summed E-state index contributed by atoms with van der Waals surface area (Å²) in [5, 5.41) is 7.81. The minimum absolute atomic E-state index is 0.210. The molecule has 1 saturated heterocycles. The smallest absolute Gasteiger partial charge is 0.246 e. The van der Waals surface area contributed by atoms with E-state index in [1.807, 2.05) is 10.9 Å². The molecule has 3 heterocycles. The summed E-state index contributed by atoms with van der Waals surface area (Å²) in [4.78, 5) is 0.219. The first kappa shape index (κ1) is 13.3. The monoisotopic (exact) mass is 296 g/mol. The summed E-state index contributed by atoms with van der Waals surface area (Å²) in [7, 11) is -3.44. The fourth-order valence-corrected chi connectivity index (χ4v) is 3.94. The van der Waals surface area contributed by atoms with E-state index in [2.05, 4.69) is 10.3 Å². The topological polar surface area (TPSA) is 81.2 Å². The Hall–Kier alpha value is -1.67. The molecular weight excluding hydrogens is 280 g/mol. The van der Waals surface area contributed by atoms with Crippen LogP contribution in [0.1, 0.15) is 25.3 Å². The number of hydrogen-bond donors (Lipinski definition) is 0. The number of nitrogens with zero attached hydrogens (tertiary/aromatic N) is 4. The van der Waals surface area contributed by atoms with Crippen LogP contribution in [0.25, 0.3) is 0 Å². The minimum atomic E-state index is -3.44. The van der Waals surface area contributed by atoms with Crippen molar-refractivity contribution in [2.45, 2.75) is 30.2 Å². The number of sulfonamides is 1. The lowest BCUT2D eigenvalue weighted by atomic mass is 10.1. The van der Waals surface area contributed by atoms with Gasteiger partial charge in [-0.05, 0) is 25.3 Å². The van der Waals surface area contributed by atoms with Crippen molar-refractivity contribution in [2.24, 2.45) is 0 Å². The summed E-state index contributed by atoms with van der Waals surface area (Å²) in [6, 6.07) is 1.69. The molecule has 0 bridgehead atoms. The third-order valence-corrected chi connectivity index (χ3v) is 5.48. The van der Waals surface area contributed by atoms with Gasteiger partial charge in [-0.2, -0.15) is 4.31 Å². The Bertz CT molecular complexity index is 636. The molecule has 0 aromatic carbocycles. The van der Waals surface area contributed by atoms with Crippen LogP contribution in [0, 0.1) is 0 Å². The SMILES string of the molecule is O=S(=O)(c1ccoc1)N1CCCC(n2ccnn2)CC1. The van der Waals surface area contributed by atoms with Gasteiger partial charge in [0.25, 0.3) is 0 Å². The Balaban J connectivity index is 1.75. The molecule has 2 aromatic heterocycles. The second kappa shape index (κ2) is 5.37. The summed E-state index contributed by atoms with van der Waals surface area (Å²) in [6.45, 7) is 1.01.